The van der Waals surface area contributed by atoms with Gasteiger partial charge in [-0.3, -0.25) is 9.59 Å². The minimum atomic E-state index is -0.484. The van der Waals surface area contributed by atoms with Gasteiger partial charge in [-0.1, -0.05) is 68.7 Å². The van der Waals surface area contributed by atoms with Crippen LogP contribution in [0.1, 0.15) is 54.9 Å². The highest BCUT2D eigenvalue weighted by Crippen LogP contribution is 2.33. The molecule has 0 saturated heterocycles. The van der Waals surface area contributed by atoms with Crippen LogP contribution in [0.4, 0.5) is 8.78 Å². The van der Waals surface area contributed by atoms with E-state index in [2.05, 4.69) is 12.2 Å². The van der Waals surface area contributed by atoms with E-state index < -0.39 is 11.8 Å². The normalized spacial score (nSPS) is 11.0. The summed E-state index contributed by atoms with van der Waals surface area (Å²) in [4.78, 5) is 30.5. The second kappa shape index (κ2) is 13.1. The van der Waals surface area contributed by atoms with E-state index in [9.17, 15) is 18.4 Å². The Balaban J connectivity index is 1.82. The first kappa shape index (κ1) is 27.9. The molecule has 0 atom stereocenters. The van der Waals surface area contributed by atoms with Crippen LogP contribution in [-0.2, 0) is 16.0 Å². The molecule has 4 aromatic rings. The van der Waals surface area contributed by atoms with Crippen molar-refractivity contribution in [1.29, 1.82) is 0 Å². The number of esters is 1. The third-order valence-corrected chi connectivity index (χ3v) is 6.74. The van der Waals surface area contributed by atoms with Gasteiger partial charge in [-0.25, -0.2) is 13.8 Å². The zero-order valence-electron chi connectivity index (χ0n) is 22.2. The van der Waals surface area contributed by atoms with Crippen molar-refractivity contribution in [1.82, 2.24) is 10.3 Å². The average Bonchev–Trinajstić information content (AvgIpc) is 2.95. The van der Waals surface area contributed by atoms with Crippen molar-refractivity contribution in [3.05, 3.63) is 89.5 Å². The van der Waals surface area contributed by atoms with E-state index in [0.717, 1.165) is 25.7 Å². The van der Waals surface area contributed by atoms with E-state index in [1.54, 1.807) is 36.4 Å². The third-order valence-electron chi connectivity index (χ3n) is 6.74. The lowest BCUT2D eigenvalue weighted by Crippen LogP contribution is -2.26. The molecule has 0 aliphatic carbocycles. The summed E-state index contributed by atoms with van der Waals surface area (Å²) in [5.41, 5.74) is 3.66. The Morgan fingerprint density at radius 1 is 0.923 bits per heavy atom. The minimum absolute atomic E-state index is 0.0239. The van der Waals surface area contributed by atoms with E-state index in [4.69, 9.17) is 9.72 Å². The third kappa shape index (κ3) is 6.66. The molecule has 0 saturated carbocycles. The standard InChI is InChI=1S/C32H32F2N2O3/c1-3-4-5-8-19-35-32(38)30-25(16-18-29(37)39-2)31(36-28-17-15-23(33)20-26(28)30)22-13-11-21(12-14-22)24-9-6-7-10-27(24)34/h6-7,9-15,17,20H,3-5,8,16,18-19H2,1-2H3,(H,35,38). The molecule has 0 aliphatic rings. The molecule has 202 valence electrons. The van der Waals surface area contributed by atoms with Gasteiger partial charge in [0.25, 0.3) is 5.91 Å². The van der Waals surface area contributed by atoms with Gasteiger partial charge in [0.05, 0.1) is 23.9 Å². The summed E-state index contributed by atoms with van der Waals surface area (Å²) >= 11 is 0. The lowest BCUT2D eigenvalue weighted by atomic mass is 9.92. The van der Waals surface area contributed by atoms with Crippen molar-refractivity contribution in [2.75, 3.05) is 13.7 Å². The first-order valence-corrected chi connectivity index (χ1v) is 13.3. The molecule has 0 spiro atoms. The van der Waals surface area contributed by atoms with E-state index in [-0.39, 0.29) is 24.6 Å². The van der Waals surface area contributed by atoms with Crippen molar-refractivity contribution in [2.45, 2.75) is 45.4 Å². The van der Waals surface area contributed by atoms with Gasteiger partial charge in [0.2, 0.25) is 0 Å². The number of halogens is 2. The Bertz CT molecular complexity index is 1470. The summed E-state index contributed by atoms with van der Waals surface area (Å²) < 4.78 is 33.6. The molecule has 7 heteroatoms. The minimum Gasteiger partial charge on any atom is -0.469 e. The Hall–Kier alpha value is -4.13. The number of unbranched alkanes of at least 4 members (excludes halogenated alkanes) is 3. The molecule has 3 aromatic carbocycles. The van der Waals surface area contributed by atoms with E-state index >= 15 is 0 Å². The van der Waals surface area contributed by atoms with Gasteiger partial charge in [-0.15, -0.1) is 0 Å². The molecule has 1 heterocycles. The van der Waals surface area contributed by atoms with Crippen LogP contribution in [0.3, 0.4) is 0 Å². The molecule has 1 aromatic heterocycles. The number of rotatable bonds is 11. The van der Waals surface area contributed by atoms with Gasteiger partial charge < -0.3 is 10.1 Å². The topological polar surface area (TPSA) is 68.3 Å². The quantitative estimate of drug-likeness (QED) is 0.164. The van der Waals surface area contributed by atoms with Gasteiger partial charge >= 0.3 is 5.97 Å². The number of aromatic nitrogens is 1. The Morgan fingerprint density at radius 2 is 1.67 bits per heavy atom. The number of fused-ring (bicyclic) bond motifs is 1. The van der Waals surface area contributed by atoms with Crippen LogP contribution in [0.5, 0.6) is 0 Å². The lowest BCUT2D eigenvalue weighted by Gasteiger charge is -2.18. The molecule has 0 aliphatic heterocycles. The van der Waals surface area contributed by atoms with Gasteiger partial charge in [-0.05, 0) is 48.2 Å². The number of benzene rings is 3. The predicted molar refractivity (Wildman–Crippen MR) is 149 cm³/mol. The molecular formula is C32H32F2N2O3. The van der Waals surface area contributed by atoms with Crippen molar-refractivity contribution in [2.24, 2.45) is 0 Å². The second-order valence-electron chi connectivity index (χ2n) is 9.43. The van der Waals surface area contributed by atoms with Gasteiger partial charge in [0.1, 0.15) is 11.6 Å². The molecule has 0 radical (unpaired) electrons. The molecule has 4 rings (SSSR count). The molecule has 1 N–H and O–H groups in total. The number of pyridine rings is 1. The number of nitrogens with one attached hydrogen (secondary N) is 1. The van der Waals surface area contributed by atoms with Gasteiger partial charge in [0.15, 0.2) is 0 Å². The maximum atomic E-state index is 14.4. The molecule has 0 unspecified atom stereocenters. The number of ether oxygens (including phenoxy) is 1. The van der Waals surface area contributed by atoms with Crippen molar-refractivity contribution in [3.63, 3.8) is 0 Å². The molecule has 0 fully saturated rings. The number of hydrogen-bond acceptors (Lipinski definition) is 4. The summed E-state index contributed by atoms with van der Waals surface area (Å²) in [5.74, 6) is -1.58. The number of methoxy groups -OCH3 is 1. The molecular weight excluding hydrogens is 498 g/mol. The average molecular weight is 531 g/mol. The fourth-order valence-electron chi connectivity index (χ4n) is 4.69. The smallest absolute Gasteiger partial charge is 0.305 e. The zero-order chi connectivity index (χ0) is 27.8. The van der Waals surface area contributed by atoms with Gasteiger partial charge in [0, 0.05) is 29.5 Å². The maximum absolute atomic E-state index is 14.4. The Kier molecular flexibility index (Phi) is 9.36. The van der Waals surface area contributed by atoms with E-state index in [1.165, 1.54) is 25.3 Å². The number of hydrogen-bond donors (Lipinski definition) is 1. The summed E-state index contributed by atoms with van der Waals surface area (Å²) in [6.07, 6.45) is 4.19. The number of amides is 1. The molecule has 0 bridgehead atoms. The van der Waals surface area contributed by atoms with Gasteiger partial charge in [-0.2, -0.15) is 0 Å². The second-order valence-corrected chi connectivity index (χ2v) is 9.43. The molecule has 1 amide bonds. The lowest BCUT2D eigenvalue weighted by molar-refractivity contribution is -0.140. The van der Waals surface area contributed by atoms with Crippen LogP contribution >= 0.6 is 0 Å². The maximum Gasteiger partial charge on any atom is 0.305 e. The molecule has 5 nitrogen and oxygen atoms in total. The van der Waals surface area contributed by atoms with Crippen molar-refractivity contribution in [3.8, 4) is 22.4 Å². The summed E-state index contributed by atoms with van der Waals surface area (Å²) in [6, 6.07) is 17.9. The predicted octanol–water partition coefficient (Wildman–Crippen LogP) is 7.26. The van der Waals surface area contributed by atoms with Crippen LogP contribution in [-0.4, -0.2) is 30.5 Å². The first-order valence-electron chi connectivity index (χ1n) is 13.3. The summed E-state index contributed by atoms with van der Waals surface area (Å²) in [5, 5.41) is 3.36. The Labute approximate surface area is 227 Å². The van der Waals surface area contributed by atoms with E-state index in [0.29, 0.717) is 51.0 Å². The van der Waals surface area contributed by atoms with Crippen LogP contribution in [0.15, 0.2) is 66.7 Å². The van der Waals surface area contributed by atoms with Crippen LogP contribution in [0.2, 0.25) is 0 Å². The summed E-state index contributed by atoms with van der Waals surface area (Å²) in [6.45, 7) is 2.61. The fourth-order valence-corrected chi connectivity index (χ4v) is 4.69. The van der Waals surface area contributed by atoms with Crippen LogP contribution in [0, 0.1) is 11.6 Å². The largest absolute Gasteiger partial charge is 0.469 e. The monoisotopic (exact) mass is 530 g/mol. The van der Waals surface area contributed by atoms with Crippen LogP contribution in [0.25, 0.3) is 33.3 Å². The van der Waals surface area contributed by atoms with E-state index in [1.807, 2.05) is 12.1 Å². The first-order chi connectivity index (χ1) is 18.9. The fraction of sp³-hybridized carbons (Fsp3) is 0.281. The zero-order valence-corrected chi connectivity index (χ0v) is 22.2. The van der Waals surface area contributed by atoms with Crippen molar-refractivity contribution >= 4 is 22.8 Å². The van der Waals surface area contributed by atoms with Crippen molar-refractivity contribution < 1.29 is 23.1 Å². The highest BCUT2D eigenvalue weighted by Gasteiger charge is 2.23. The summed E-state index contributed by atoms with van der Waals surface area (Å²) in [7, 11) is 1.31. The molecule has 39 heavy (non-hydrogen) atoms. The highest BCUT2D eigenvalue weighted by molar-refractivity contribution is 6.09. The number of carbonyl (C=O) groups excluding carboxylic acids is 2. The number of nitrogens with zero attached hydrogens (tertiary/aromatic N) is 1. The highest BCUT2D eigenvalue weighted by atomic mass is 19.1. The SMILES string of the molecule is CCCCCCNC(=O)c1c(CCC(=O)OC)c(-c2ccc(-c3ccccc3F)cc2)nc2ccc(F)cc12. The number of carbonyl (C=O) groups is 2. The van der Waals surface area contributed by atoms with Crippen LogP contribution < -0.4 is 5.32 Å². The Morgan fingerprint density at radius 3 is 2.38 bits per heavy atom.